The molecule has 0 radical (unpaired) electrons. The predicted molar refractivity (Wildman–Crippen MR) is 52.1 cm³/mol. The summed E-state index contributed by atoms with van der Waals surface area (Å²) in [5.74, 6) is -2.03. The van der Waals surface area contributed by atoms with E-state index in [-0.39, 0.29) is 6.42 Å². The first-order valence-electron chi connectivity index (χ1n) is 4.93. The first-order chi connectivity index (χ1) is 6.48. The van der Waals surface area contributed by atoms with E-state index < -0.39 is 17.4 Å². The van der Waals surface area contributed by atoms with Crippen molar-refractivity contribution in [3.05, 3.63) is 0 Å². The minimum absolute atomic E-state index is 0.279. The van der Waals surface area contributed by atoms with E-state index in [1.54, 1.807) is 6.92 Å². The molecule has 0 aliphatic heterocycles. The lowest BCUT2D eigenvalue weighted by Gasteiger charge is -2.25. The smallest absolute Gasteiger partial charge is 0.310 e. The van der Waals surface area contributed by atoms with Crippen LogP contribution in [-0.2, 0) is 9.59 Å². The second-order valence-electron chi connectivity index (χ2n) is 3.61. The Bertz CT molecular complexity index is 212. The van der Waals surface area contributed by atoms with Crippen molar-refractivity contribution in [2.75, 3.05) is 0 Å². The standard InChI is InChI=1S/C10H18O4/c1-3-5-6-10(4-2,9(13)14)7-8(11)12/h3-7H2,1-2H3,(H,11,12)(H,13,14). The van der Waals surface area contributed by atoms with Gasteiger partial charge in [-0.05, 0) is 12.8 Å². The van der Waals surface area contributed by atoms with E-state index in [0.29, 0.717) is 12.8 Å². The highest BCUT2D eigenvalue weighted by Gasteiger charge is 2.38. The summed E-state index contributed by atoms with van der Waals surface area (Å²) < 4.78 is 0. The normalized spacial score (nSPS) is 14.7. The van der Waals surface area contributed by atoms with Gasteiger partial charge in [0.2, 0.25) is 0 Å². The molecule has 0 saturated carbocycles. The molecule has 0 heterocycles. The molecule has 0 fully saturated rings. The van der Waals surface area contributed by atoms with Crippen LogP contribution in [0.25, 0.3) is 0 Å². The Hall–Kier alpha value is -1.06. The summed E-state index contributed by atoms with van der Waals surface area (Å²) in [6.45, 7) is 3.69. The Morgan fingerprint density at radius 1 is 1.21 bits per heavy atom. The van der Waals surface area contributed by atoms with Crippen LogP contribution >= 0.6 is 0 Å². The molecule has 2 N–H and O–H groups in total. The van der Waals surface area contributed by atoms with Gasteiger partial charge in [0.25, 0.3) is 0 Å². The maximum atomic E-state index is 11.0. The summed E-state index contributed by atoms with van der Waals surface area (Å²) in [6, 6.07) is 0. The number of aliphatic carboxylic acids is 2. The van der Waals surface area contributed by atoms with E-state index in [1.165, 1.54) is 0 Å². The molecule has 0 aliphatic carbocycles. The van der Waals surface area contributed by atoms with Crippen molar-refractivity contribution in [1.29, 1.82) is 0 Å². The average molecular weight is 202 g/mol. The molecule has 0 saturated heterocycles. The molecule has 82 valence electrons. The lowest BCUT2D eigenvalue weighted by Crippen LogP contribution is -2.33. The van der Waals surface area contributed by atoms with Crippen LogP contribution in [0.3, 0.4) is 0 Å². The number of hydrogen-bond donors (Lipinski definition) is 2. The Balaban J connectivity index is 4.60. The van der Waals surface area contributed by atoms with Crippen LogP contribution < -0.4 is 0 Å². The molecule has 0 aromatic heterocycles. The fraction of sp³-hybridized carbons (Fsp3) is 0.800. The van der Waals surface area contributed by atoms with Crippen molar-refractivity contribution in [2.24, 2.45) is 5.41 Å². The van der Waals surface area contributed by atoms with Crippen LogP contribution in [0.5, 0.6) is 0 Å². The third kappa shape index (κ3) is 3.36. The zero-order chi connectivity index (χ0) is 11.2. The number of carboxylic acid groups (broad SMARTS) is 2. The molecule has 0 aromatic carbocycles. The lowest BCUT2D eigenvalue weighted by atomic mass is 9.77. The van der Waals surface area contributed by atoms with Gasteiger partial charge in [-0.25, -0.2) is 0 Å². The minimum Gasteiger partial charge on any atom is -0.481 e. The molecule has 0 spiro atoms. The third-order valence-corrected chi connectivity index (χ3v) is 2.63. The van der Waals surface area contributed by atoms with Gasteiger partial charge >= 0.3 is 11.9 Å². The molecule has 1 atom stereocenters. The summed E-state index contributed by atoms with van der Waals surface area (Å²) >= 11 is 0. The summed E-state index contributed by atoms with van der Waals surface area (Å²) in [4.78, 5) is 21.6. The summed E-state index contributed by atoms with van der Waals surface area (Å²) in [5, 5.41) is 17.7. The van der Waals surface area contributed by atoms with Gasteiger partial charge in [0.15, 0.2) is 0 Å². The van der Waals surface area contributed by atoms with Gasteiger partial charge in [-0.1, -0.05) is 26.7 Å². The van der Waals surface area contributed by atoms with Crippen LogP contribution in [0, 0.1) is 5.41 Å². The topological polar surface area (TPSA) is 74.6 Å². The average Bonchev–Trinajstić information content (AvgIpc) is 2.11. The number of unbranched alkanes of at least 4 members (excludes halogenated alkanes) is 1. The molecule has 0 aromatic rings. The van der Waals surface area contributed by atoms with Crippen molar-refractivity contribution in [3.8, 4) is 0 Å². The van der Waals surface area contributed by atoms with Crippen LogP contribution in [0.2, 0.25) is 0 Å². The molecule has 0 rings (SSSR count). The molecule has 0 aliphatic rings. The highest BCUT2D eigenvalue weighted by molar-refractivity contribution is 5.81. The van der Waals surface area contributed by atoms with E-state index in [1.807, 2.05) is 6.92 Å². The van der Waals surface area contributed by atoms with Crippen molar-refractivity contribution in [3.63, 3.8) is 0 Å². The van der Waals surface area contributed by atoms with Crippen molar-refractivity contribution >= 4 is 11.9 Å². The molecule has 14 heavy (non-hydrogen) atoms. The second-order valence-corrected chi connectivity index (χ2v) is 3.61. The highest BCUT2D eigenvalue weighted by Crippen LogP contribution is 2.33. The van der Waals surface area contributed by atoms with Crippen molar-refractivity contribution in [1.82, 2.24) is 0 Å². The molecule has 4 heteroatoms. The van der Waals surface area contributed by atoms with E-state index >= 15 is 0 Å². The number of carbonyl (C=O) groups is 2. The van der Waals surface area contributed by atoms with Gasteiger partial charge < -0.3 is 10.2 Å². The molecule has 1 unspecified atom stereocenters. The highest BCUT2D eigenvalue weighted by atomic mass is 16.4. The summed E-state index contributed by atoms with van der Waals surface area (Å²) in [7, 11) is 0. The molecular weight excluding hydrogens is 184 g/mol. The van der Waals surface area contributed by atoms with Crippen molar-refractivity contribution in [2.45, 2.75) is 46.0 Å². The lowest BCUT2D eigenvalue weighted by molar-refractivity contribution is -0.156. The number of hydrogen-bond acceptors (Lipinski definition) is 2. The Labute approximate surface area is 83.9 Å². The molecule has 0 amide bonds. The van der Waals surface area contributed by atoms with E-state index in [2.05, 4.69) is 0 Å². The Morgan fingerprint density at radius 3 is 2.07 bits per heavy atom. The van der Waals surface area contributed by atoms with Gasteiger partial charge in [0.1, 0.15) is 0 Å². The zero-order valence-corrected chi connectivity index (χ0v) is 8.75. The molecule has 0 bridgehead atoms. The third-order valence-electron chi connectivity index (χ3n) is 2.63. The van der Waals surface area contributed by atoms with E-state index in [9.17, 15) is 9.59 Å². The van der Waals surface area contributed by atoms with E-state index in [0.717, 1.165) is 12.8 Å². The van der Waals surface area contributed by atoms with Gasteiger partial charge in [-0.2, -0.15) is 0 Å². The maximum Gasteiger partial charge on any atom is 0.310 e. The van der Waals surface area contributed by atoms with E-state index in [4.69, 9.17) is 10.2 Å². The van der Waals surface area contributed by atoms with Crippen LogP contribution in [0.1, 0.15) is 46.0 Å². The van der Waals surface area contributed by atoms with Gasteiger partial charge in [0.05, 0.1) is 11.8 Å². The number of rotatable bonds is 7. The largest absolute Gasteiger partial charge is 0.481 e. The summed E-state index contributed by atoms with van der Waals surface area (Å²) in [5.41, 5.74) is -1.07. The number of carboxylic acids is 2. The molecule has 4 nitrogen and oxygen atoms in total. The maximum absolute atomic E-state index is 11.0. The fourth-order valence-electron chi connectivity index (χ4n) is 1.53. The first kappa shape index (κ1) is 12.9. The molecular formula is C10H18O4. The zero-order valence-electron chi connectivity index (χ0n) is 8.75. The summed E-state index contributed by atoms with van der Waals surface area (Å²) in [6.07, 6.45) is 2.18. The van der Waals surface area contributed by atoms with Gasteiger partial charge in [0, 0.05) is 0 Å². The van der Waals surface area contributed by atoms with Gasteiger partial charge in [-0.15, -0.1) is 0 Å². The predicted octanol–water partition coefficient (Wildman–Crippen LogP) is 2.13. The van der Waals surface area contributed by atoms with Crippen LogP contribution in [0.15, 0.2) is 0 Å². The monoisotopic (exact) mass is 202 g/mol. The van der Waals surface area contributed by atoms with Gasteiger partial charge in [-0.3, -0.25) is 9.59 Å². The first-order valence-corrected chi connectivity index (χ1v) is 4.93. The van der Waals surface area contributed by atoms with Crippen LogP contribution in [0.4, 0.5) is 0 Å². The van der Waals surface area contributed by atoms with Crippen molar-refractivity contribution < 1.29 is 19.8 Å². The Morgan fingerprint density at radius 2 is 1.79 bits per heavy atom. The quantitative estimate of drug-likeness (QED) is 0.663. The SMILES string of the molecule is CCCCC(CC)(CC(=O)O)C(=O)O. The Kier molecular flexibility index (Phi) is 5.20. The minimum atomic E-state index is -1.07. The second kappa shape index (κ2) is 5.62. The van der Waals surface area contributed by atoms with Crippen LogP contribution in [-0.4, -0.2) is 22.2 Å². The fourth-order valence-corrected chi connectivity index (χ4v) is 1.53.